The second-order valence-electron chi connectivity index (χ2n) is 5.57. The van der Waals surface area contributed by atoms with Crippen LogP contribution in [0.1, 0.15) is 31.4 Å². The van der Waals surface area contributed by atoms with Gasteiger partial charge in [-0.05, 0) is 43.5 Å². The Balaban J connectivity index is 2.03. The highest BCUT2D eigenvalue weighted by molar-refractivity contribution is 5.69. The summed E-state index contributed by atoms with van der Waals surface area (Å²) < 4.78 is 0. The first kappa shape index (κ1) is 16.0. The lowest BCUT2D eigenvalue weighted by atomic mass is 10.1. The van der Waals surface area contributed by atoms with E-state index in [0.717, 1.165) is 41.2 Å². The molecule has 1 aromatic carbocycles. The highest BCUT2D eigenvalue weighted by Crippen LogP contribution is 2.23. The van der Waals surface area contributed by atoms with Crippen LogP contribution >= 0.6 is 0 Å². The molecule has 2 rings (SSSR count). The number of hydrogen-bond donors (Lipinski definition) is 3. The molecular formula is C19H25N3. The molecule has 0 aromatic heterocycles. The molecule has 1 aliphatic heterocycles. The van der Waals surface area contributed by atoms with E-state index in [4.69, 9.17) is 0 Å². The first-order valence-electron chi connectivity index (χ1n) is 7.60. The molecule has 1 aliphatic rings. The highest BCUT2D eigenvalue weighted by Gasteiger charge is 2.07. The molecule has 0 bridgehead atoms. The molecule has 3 nitrogen and oxygen atoms in total. The van der Waals surface area contributed by atoms with E-state index in [1.54, 1.807) is 0 Å². The van der Waals surface area contributed by atoms with Crippen LogP contribution in [0.3, 0.4) is 0 Å². The third kappa shape index (κ3) is 4.29. The summed E-state index contributed by atoms with van der Waals surface area (Å²) in [6, 6.07) is 6.32. The maximum Gasteiger partial charge on any atom is 0.0420 e. The molecule has 0 amide bonds. The van der Waals surface area contributed by atoms with Gasteiger partial charge in [0, 0.05) is 41.9 Å². The number of allylic oxidation sites excluding steroid dienone is 2. The zero-order valence-electron chi connectivity index (χ0n) is 13.7. The average molecular weight is 295 g/mol. The third-order valence-corrected chi connectivity index (χ3v) is 3.86. The molecule has 0 atom stereocenters. The molecule has 116 valence electrons. The summed E-state index contributed by atoms with van der Waals surface area (Å²) in [5.41, 5.74) is 7.66. The van der Waals surface area contributed by atoms with Crippen LogP contribution in [0.25, 0.3) is 5.70 Å². The number of anilines is 1. The summed E-state index contributed by atoms with van der Waals surface area (Å²) in [6.45, 7) is 15.3. The molecule has 0 saturated heterocycles. The molecule has 0 saturated carbocycles. The molecule has 0 spiro atoms. The van der Waals surface area contributed by atoms with Gasteiger partial charge in [-0.15, -0.1) is 0 Å². The van der Waals surface area contributed by atoms with Crippen LogP contribution in [0.4, 0.5) is 5.69 Å². The number of hydrogen-bond acceptors (Lipinski definition) is 3. The van der Waals surface area contributed by atoms with E-state index in [1.807, 2.05) is 13.1 Å². The van der Waals surface area contributed by atoms with Crippen LogP contribution in [-0.4, -0.2) is 6.54 Å². The van der Waals surface area contributed by atoms with E-state index in [9.17, 15) is 0 Å². The second kappa shape index (κ2) is 7.03. The van der Waals surface area contributed by atoms with Crippen molar-refractivity contribution in [2.75, 3.05) is 11.9 Å². The monoisotopic (exact) mass is 295 g/mol. The lowest BCUT2D eigenvalue weighted by molar-refractivity contribution is 0.844. The highest BCUT2D eigenvalue weighted by atomic mass is 15.0. The summed E-state index contributed by atoms with van der Waals surface area (Å²) in [4.78, 5) is 0. The van der Waals surface area contributed by atoms with E-state index < -0.39 is 0 Å². The van der Waals surface area contributed by atoms with Crippen molar-refractivity contribution < 1.29 is 0 Å². The first-order chi connectivity index (χ1) is 10.5. The van der Waals surface area contributed by atoms with E-state index in [1.165, 1.54) is 11.3 Å². The molecule has 1 aromatic rings. The van der Waals surface area contributed by atoms with Crippen LogP contribution in [0.2, 0.25) is 0 Å². The number of nitrogens with one attached hydrogen (secondary N) is 3. The Bertz CT molecular complexity index is 651. The molecule has 3 N–H and O–H groups in total. The Morgan fingerprint density at radius 2 is 2.05 bits per heavy atom. The van der Waals surface area contributed by atoms with Crippen molar-refractivity contribution >= 4 is 11.4 Å². The van der Waals surface area contributed by atoms with E-state index in [0.29, 0.717) is 0 Å². The van der Waals surface area contributed by atoms with Gasteiger partial charge >= 0.3 is 0 Å². The summed E-state index contributed by atoms with van der Waals surface area (Å²) in [6.07, 6.45) is 5.08. The predicted octanol–water partition coefficient (Wildman–Crippen LogP) is 4.28. The number of benzene rings is 1. The van der Waals surface area contributed by atoms with E-state index in [-0.39, 0.29) is 0 Å². The lowest BCUT2D eigenvalue weighted by Gasteiger charge is -2.15. The standard InChI is InChI=1S/C19H25N3/c1-6-13(2)15(4)22-19-11-17(8-7-14(19)3)16(5)20-10-9-18-12-21-18/h6-8,11-12,20-22H,4-5,9-10H2,1-3H3/b13-6+. The predicted molar refractivity (Wildman–Crippen MR) is 96.2 cm³/mol. The van der Waals surface area contributed by atoms with Crippen LogP contribution < -0.4 is 16.0 Å². The van der Waals surface area contributed by atoms with Gasteiger partial charge in [-0.2, -0.15) is 0 Å². The van der Waals surface area contributed by atoms with Gasteiger partial charge in [-0.3, -0.25) is 0 Å². The van der Waals surface area contributed by atoms with Gasteiger partial charge in [0.1, 0.15) is 0 Å². The smallest absolute Gasteiger partial charge is 0.0420 e. The molecule has 0 unspecified atom stereocenters. The molecule has 1 heterocycles. The second-order valence-corrected chi connectivity index (χ2v) is 5.57. The Morgan fingerprint density at radius 3 is 2.68 bits per heavy atom. The van der Waals surface area contributed by atoms with Crippen LogP contribution in [-0.2, 0) is 0 Å². The fraction of sp³-hybridized carbons (Fsp3) is 0.263. The third-order valence-electron chi connectivity index (χ3n) is 3.86. The molecular weight excluding hydrogens is 270 g/mol. The summed E-state index contributed by atoms with van der Waals surface area (Å²) >= 11 is 0. The van der Waals surface area contributed by atoms with Crippen molar-refractivity contribution in [1.82, 2.24) is 10.6 Å². The maximum atomic E-state index is 4.13. The largest absolute Gasteiger partial charge is 0.385 e. The van der Waals surface area contributed by atoms with E-state index in [2.05, 4.69) is 67.2 Å². The zero-order chi connectivity index (χ0) is 16.1. The normalized spacial score (nSPS) is 13.0. The number of rotatable bonds is 8. The van der Waals surface area contributed by atoms with Crippen LogP contribution in [0, 0.1) is 6.92 Å². The molecule has 0 fully saturated rings. The Morgan fingerprint density at radius 1 is 1.32 bits per heavy atom. The van der Waals surface area contributed by atoms with Gasteiger partial charge in [0.2, 0.25) is 0 Å². The van der Waals surface area contributed by atoms with Gasteiger partial charge in [-0.1, -0.05) is 31.4 Å². The quantitative estimate of drug-likeness (QED) is 0.627. The van der Waals surface area contributed by atoms with E-state index >= 15 is 0 Å². The van der Waals surface area contributed by atoms with Crippen molar-refractivity contribution in [1.29, 1.82) is 0 Å². The maximum absolute atomic E-state index is 4.13. The van der Waals surface area contributed by atoms with Gasteiger partial charge in [0.15, 0.2) is 0 Å². The van der Waals surface area contributed by atoms with Crippen molar-refractivity contribution in [3.8, 4) is 0 Å². The Kier molecular flexibility index (Phi) is 5.10. The van der Waals surface area contributed by atoms with Crippen molar-refractivity contribution in [3.63, 3.8) is 0 Å². The summed E-state index contributed by atoms with van der Waals surface area (Å²) in [7, 11) is 0. The summed E-state index contributed by atoms with van der Waals surface area (Å²) in [5, 5.41) is 9.86. The molecule has 3 heteroatoms. The van der Waals surface area contributed by atoms with Gasteiger partial charge < -0.3 is 16.0 Å². The zero-order valence-corrected chi connectivity index (χ0v) is 13.7. The first-order valence-corrected chi connectivity index (χ1v) is 7.60. The van der Waals surface area contributed by atoms with Gasteiger partial charge in [0.05, 0.1) is 0 Å². The van der Waals surface area contributed by atoms with Crippen molar-refractivity contribution in [2.24, 2.45) is 0 Å². The minimum atomic E-state index is 0.888. The fourth-order valence-corrected chi connectivity index (χ4v) is 2.03. The van der Waals surface area contributed by atoms with Gasteiger partial charge in [-0.25, -0.2) is 0 Å². The molecule has 22 heavy (non-hydrogen) atoms. The van der Waals surface area contributed by atoms with Crippen LogP contribution in [0.5, 0.6) is 0 Å². The van der Waals surface area contributed by atoms with Crippen LogP contribution in [0.15, 0.2) is 60.6 Å². The SMILES string of the molecule is C=C(Nc1cc(C(=C)NCCC2=CN2)ccc1C)/C(C)=C/C. The fourth-order valence-electron chi connectivity index (χ4n) is 2.03. The number of aryl methyl sites for hydroxylation is 1. The Labute approximate surface area is 133 Å². The molecule has 0 aliphatic carbocycles. The topological polar surface area (TPSA) is 46.0 Å². The Hall–Kier alpha value is -2.42. The minimum Gasteiger partial charge on any atom is -0.385 e. The van der Waals surface area contributed by atoms with Crippen molar-refractivity contribution in [2.45, 2.75) is 27.2 Å². The molecule has 0 radical (unpaired) electrons. The lowest BCUT2D eigenvalue weighted by Crippen LogP contribution is -2.13. The average Bonchev–Trinajstić information content (AvgIpc) is 3.32. The minimum absolute atomic E-state index is 0.888. The van der Waals surface area contributed by atoms with Gasteiger partial charge in [0.25, 0.3) is 0 Å². The van der Waals surface area contributed by atoms with Crippen molar-refractivity contribution in [3.05, 3.63) is 71.7 Å². The summed E-state index contributed by atoms with van der Waals surface area (Å²) in [5.74, 6) is 0.